The predicted octanol–water partition coefficient (Wildman–Crippen LogP) is 4.36. The molecule has 128 valence electrons. The van der Waals surface area contributed by atoms with Crippen molar-refractivity contribution in [1.29, 1.82) is 0 Å². The molecule has 0 bridgehead atoms. The molecule has 0 amide bonds. The molecule has 3 nitrogen and oxygen atoms in total. The topological polar surface area (TPSA) is 50.4 Å². The summed E-state index contributed by atoms with van der Waals surface area (Å²) in [6, 6.07) is 9.33. The molecule has 1 aromatic rings. The van der Waals surface area contributed by atoms with E-state index in [1.807, 2.05) is 0 Å². The molecule has 0 unspecified atom stereocenters. The van der Waals surface area contributed by atoms with Gasteiger partial charge < -0.3 is 11.1 Å². The molecule has 1 aliphatic carbocycles. The summed E-state index contributed by atoms with van der Waals surface area (Å²) in [6.07, 6.45) is 6.40. The van der Waals surface area contributed by atoms with Crippen LogP contribution in [0.5, 0.6) is 0 Å². The van der Waals surface area contributed by atoms with Crippen LogP contribution in [0.4, 0.5) is 0 Å². The lowest BCUT2D eigenvalue weighted by molar-refractivity contribution is 0.372. The SMILES string of the molecule is CC(C)C(C)(C)c1ccc(CN=C(N)NC2CCCCC2)cc1. The van der Waals surface area contributed by atoms with Crippen LogP contribution in [0.15, 0.2) is 29.3 Å². The van der Waals surface area contributed by atoms with E-state index in [1.165, 1.54) is 43.2 Å². The van der Waals surface area contributed by atoms with E-state index in [0.717, 1.165) is 0 Å². The lowest BCUT2D eigenvalue weighted by atomic mass is 9.75. The summed E-state index contributed by atoms with van der Waals surface area (Å²) in [5.41, 5.74) is 8.82. The molecule has 1 aromatic carbocycles. The number of nitrogens with one attached hydrogen (secondary N) is 1. The largest absolute Gasteiger partial charge is 0.370 e. The standard InChI is InChI=1S/C20H33N3/c1-15(2)20(3,4)17-12-10-16(11-13-17)14-22-19(21)23-18-8-6-5-7-9-18/h10-13,15,18H,5-9,14H2,1-4H3,(H3,21,22,23). The summed E-state index contributed by atoms with van der Waals surface area (Å²) in [4.78, 5) is 4.50. The molecule has 1 aliphatic rings. The fourth-order valence-electron chi connectivity index (χ4n) is 3.05. The van der Waals surface area contributed by atoms with Gasteiger partial charge in [-0.25, -0.2) is 4.99 Å². The van der Waals surface area contributed by atoms with Crippen LogP contribution in [0.2, 0.25) is 0 Å². The molecule has 0 aliphatic heterocycles. The normalized spacial score (nSPS) is 17.5. The van der Waals surface area contributed by atoms with E-state index < -0.39 is 0 Å². The minimum Gasteiger partial charge on any atom is -0.370 e. The zero-order valence-electron chi connectivity index (χ0n) is 15.2. The number of rotatable bonds is 5. The van der Waals surface area contributed by atoms with Gasteiger partial charge in [0.05, 0.1) is 6.54 Å². The maximum atomic E-state index is 6.03. The van der Waals surface area contributed by atoms with E-state index in [9.17, 15) is 0 Å². The van der Waals surface area contributed by atoms with Crippen LogP contribution in [-0.4, -0.2) is 12.0 Å². The fraction of sp³-hybridized carbons (Fsp3) is 0.650. The highest BCUT2D eigenvalue weighted by Gasteiger charge is 2.24. The first-order chi connectivity index (χ1) is 10.9. The quantitative estimate of drug-likeness (QED) is 0.626. The van der Waals surface area contributed by atoms with Gasteiger partial charge in [-0.2, -0.15) is 0 Å². The van der Waals surface area contributed by atoms with E-state index in [1.54, 1.807) is 0 Å². The molecule has 0 heterocycles. The molecule has 0 radical (unpaired) electrons. The van der Waals surface area contributed by atoms with E-state index in [0.29, 0.717) is 24.5 Å². The Morgan fingerprint density at radius 3 is 2.35 bits per heavy atom. The third-order valence-corrected chi connectivity index (χ3v) is 5.53. The van der Waals surface area contributed by atoms with Crippen molar-refractivity contribution in [2.45, 2.75) is 77.8 Å². The van der Waals surface area contributed by atoms with Crippen molar-refractivity contribution < 1.29 is 0 Å². The van der Waals surface area contributed by atoms with Crippen LogP contribution in [0.25, 0.3) is 0 Å². The highest BCUT2D eigenvalue weighted by atomic mass is 15.1. The highest BCUT2D eigenvalue weighted by Crippen LogP contribution is 2.31. The average Bonchev–Trinajstić information content (AvgIpc) is 2.54. The molecule has 1 saturated carbocycles. The van der Waals surface area contributed by atoms with Gasteiger partial charge >= 0.3 is 0 Å². The Balaban J connectivity index is 1.91. The second kappa shape index (κ2) is 7.85. The first-order valence-corrected chi connectivity index (χ1v) is 9.05. The van der Waals surface area contributed by atoms with Crippen LogP contribution in [0, 0.1) is 5.92 Å². The molecular formula is C20H33N3. The Morgan fingerprint density at radius 1 is 1.17 bits per heavy atom. The van der Waals surface area contributed by atoms with Gasteiger partial charge in [-0.05, 0) is 35.3 Å². The van der Waals surface area contributed by atoms with E-state index in [-0.39, 0.29) is 5.41 Å². The van der Waals surface area contributed by atoms with Gasteiger partial charge in [0.15, 0.2) is 5.96 Å². The molecule has 2 rings (SSSR count). The smallest absolute Gasteiger partial charge is 0.189 e. The Kier molecular flexibility index (Phi) is 6.09. The third kappa shape index (κ3) is 4.98. The fourth-order valence-corrected chi connectivity index (χ4v) is 3.05. The number of hydrogen-bond acceptors (Lipinski definition) is 1. The number of hydrogen-bond donors (Lipinski definition) is 2. The van der Waals surface area contributed by atoms with Crippen molar-refractivity contribution in [2.75, 3.05) is 0 Å². The molecule has 3 N–H and O–H groups in total. The van der Waals surface area contributed by atoms with Crippen LogP contribution < -0.4 is 11.1 Å². The molecule has 1 fully saturated rings. The second-order valence-corrected chi connectivity index (χ2v) is 7.75. The molecule has 0 atom stereocenters. The van der Waals surface area contributed by atoms with Crippen LogP contribution in [0.1, 0.15) is 70.9 Å². The Morgan fingerprint density at radius 2 is 1.78 bits per heavy atom. The van der Waals surface area contributed by atoms with Gasteiger partial charge in [-0.1, -0.05) is 71.2 Å². The molecule has 3 heteroatoms. The summed E-state index contributed by atoms with van der Waals surface area (Å²) in [5, 5.41) is 3.37. The first kappa shape index (κ1) is 17.8. The maximum Gasteiger partial charge on any atom is 0.189 e. The number of nitrogens with zero attached hydrogens (tertiary/aromatic N) is 1. The van der Waals surface area contributed by atoms with Gasteiger partial charge in [0.1, 0.15) is 0 Å². The Hall–Kier alpha value is -1.51. The van der Waals surface area contributed by atoms with Crippen LogP contribution in [-0.2, 0) is 12.0 Å². The van der Waals surface area contributed by atoms with Crippen LogP contribution >= 0.6 is 0 Å². The molecule has 0 spiro atoms. The van der Waals surface area contributed by atoms with Gasteiger partial charge in [0, 0.05) is 6.04 Å². The number of benzene rings is 1. The number of nitrogens with two attached hydrogens (primary N) is 1. The summed E-state index contributed by atoms with van der Waals surface area (Å²) in [5.74, 6) is 1.20. The minimum absolute atomic E-state index is 0.198. The molecular weight excluding hydrogens is 282 g/mol. The van der Waals surface area contributed by atoms with Crippen molar-refractivity contribution in [3.8, 4) is 0 Å². The second-order valence-electron chi connectivity index (χ2n) is 7.75. The first-order valence-electron chi connectivity index (χ1n) is 9.05. The van der Waals surface area contributed by atoms with Crippen molar-refractivity contribution in [3.63, 3.8) is 0 Å². The molecule has 0 aromatic heterocycles. The summed E-state index contributed by atoms with van der Waals surface area (Å²) < 4.78 is 0. The summed E-state index contributed by atoms with van der Waals surface area (Å²) in [7, 11) is 0. The van der Waals surface area contributed by atoms with Gasteiger partial charge in [0.2, 0.25) is 0 Å². The molecule has 23 heavy (non-hydrogen) atoms. The third-order valence-electron chi connectivity index (χ3n) is 5.53. The number of aliphatic imine (C=N–C) groups is 1. The summed E-state index contributed by atoms with van der Waals surface area (Å²) >= 11 is 0. The maximum absolute atomic E-state index is 6.03. The van der Waals surface area contributed by atoms with Gasteiger partial charge in [-0.3, -0.25) is 0 Å². The van der Waals surface area contributed by atoms with Gasteiger partial charge in [-0.15, -0.1) is 0 Å². The molecule has 0 saturated heterocycles. The zero-order chi connectivity index (χ0) is 16.9. The average molecular weight is 316 g/mol. The highest BCUT2D eigenvalue weighted by molar-refractivity contribution is 5.78. The van der Waals surface area contributed by atoms with Crippen molar-refractivity contribution >= 4 is 5.96 Å². The Bertz CT molecular complexity index is 508. The van der Waals surface area contributed by atoms with Gasteiger partial charge in [0.25, 0.3) is 0 Å². The van der Waals surface area contributed by atoms with E-state index >= 15 is 0 Å². The zero-order valence-corrected chi connectivity index (χ0v) is 15.2. The van der Waals surface area contributed by atoms with Crippen LogP contribution in [0.3, 0.4) is 0 Å². The lowest BCUT2D eigenvalue weighted by Crippen LogP contribution is -2.41. The Labute approximate surface area is 141 Å². The van der Waals surface area contributed by atoms with E-state index in [4.69, 9.17) is 5.73 Å². The monoisotopic (exact) mass is 315 g/mol. The van der Waals surface area contributed by atoms with Crippen molar-refractivity contribution in [1.82, 2.24) is 5.32 Å². The minimum atomic E-state index is 0.198. The van der Waals surface area contributed by atoms with Crippen molar-refractivity contribution in [3.05, 3.63) is 35.4 Å². The predicted molar refractivity (Wildman–Crippen MR) is 99.6 cm³/mol. The number of guanidine groups is 1. The van der Waals surface area contributed by atoms with E-state index in [2.05, 4.69) is 62.3 Å². The lowest BCUT2D eigenvalue weighted by Gasteiger charge is -2.30. The van der Waals surface area contributed by atoms with Crippen molar-refractivity contribution in [2.24, 2.45) is 16.6 Å². The summed E-state index contributed by atoms with van der Waals surface area (Å²) in [6.45, 7) is 9.80.